The molecule has 5 heteroatoms. The van der Waals surface area contributed by atoms with Crippen LogP contribution in [0.1, 0.15) is 24.8 Å². The standard InChI is InChI=1S/C13H15FN2O2/c1-8-7-10(4-5-11(8)14)13-15-12(18-16-13)6-3-9(2)17/h4-5,7,9,17H,3,6H2,1-2H3. The van der Waals surface area contributed by atoms with Crippen LogP contribution in [-0.4, -0.2) is 21.4 Å². The van der Waals surface area contributed by atoms with Gasteiger partial charge in [0.05, 0.1) is 6.10 Å². The van der Waals surface area contributed by atoms with Gasteiger partial charge in [0.25, 0.3) is 0 Å². The van der Waals surface area contributed by atoms with E-state index in [-0.39, 0.29) is 5.82 Å². The predicted octanol–water partition coefficient (Wildman–Crippen LogP) is 2.50. The fourth-order valence-electron chi connectivity index (χ4n) is 1.59. The van der Waals surface area contributed by atoms with Crippen LogP contribution in [0, 0.1) is 12.7 Å². The molecule has 96 valence electrons. The molecule has 0 radical (unpaired) electrons. The normalized spacial score (nSPS) is 12.7. The minimum absolute atomic E-state index is 0.253. The molecule has 1 heterocycles. The maximum Gasteiger partial charge on any atom is 0.227 e. The monoisotopic (exact) mass is 250 g/mol. The highest BCUT2D eigenvalue weighted by molar-refractivity contribution is 5.55. The Hall–Kier alpha value is -1.75. The van der Waals surface area contributed by atoms with Gasteiger partial charge in [-0.2, -0.15) is 4.98 Å². The summed E-state index contributed by atoms with van der Waals surface area (Å²) in [6.07, 6.45) is 0.711. The van der Waals surface area contributed by atoms with Crippen molar-refractivity contribution in [2.75, 3.05) is 0 Å². The van der Waals surface area contributed by atoms with Crippen molar-refractivity contribution in [2.24, 2.45) is 0 Å². The van der Waals surface area contributed by atoms with Crippen molar-refractivity contribution in [3.05, 3.63) is 35.5 Å². The van der Waals surface area contributed by atoms with Gasteiger partial charge in [-0.1, -0.05) is 5.16 Å². The van der Waals surface area contributed by atoms with Crippen LogP contribution in [0.4, 0.5) is 4.39 Å². The van der Waals surface area contributed by atoms with Crippen LogP contribution in [0.3, 0.4) is 0 Å². The van der Waals surface area contributed by atoms with Crippen LogP contribution in [0.15, 0.2) is 22.7 Å². The quantitative estimate of drug-likeness (QED) is 0.905. The van der Waals surface area contributed by atoms with E-state index in [1.165, 1.54) is 6.07 Å². The van der Waals surface area contributed by atoms with Crippen LogP contribution in [0.5, 0.6) is 0 Å². The van der Waals surface area contributed by atoms with Gasteiger partial charge in [0, 0.05) is 12.0 Å². The van der Waals surface area contributed by atoms with Crippen LogP contribution in [0.2, 0.25) is 0 Å². The Morgan fingerprint density at radius 1 is 1.44 bits per heavy atom. The maximum atomic E-state index is 13.1. The van der Waals surface area contributed by atoms with E-state index in [0.717, 1.165) is 5.56 Å². The van der Waals surface area contributed by atoms with Crippen molar-refractivity contribution in [3.63, 3.8) is 0 Å². The molecule has 0 fully saturated rings. The first-order valence-corrected chi connectivity index (χ1v) is 5.83. The lowest BCUT2D eigenvalue weighted by molar-refractivity contribution is 0.180. The van der Waals surface area contributed by atoms with Crippen molar-refractivity contribution in [1.82, 2.24) is 10.1 Å². The molecule has 1 N–H and O–H groups in total. The van der Waals surface area contributed by atoms with Crippen LogP contribution >= 0.6 is 0 Å². The second kappa shape index (κ2) is 5.27. The fraction of sp³-hybridized carbons (Fsp3) is 0.385. The van der Waals surface area contributed by atoms with E-state index in [1.807, 2.05) is 0 Å². The Morgan fingerprint density at radius 2 is 2.22 bits per heavy atom. The van der Waals surface area contributed by atoms with Gasteiger partial charge in [0.15, 0.2) is 0 Å². The van der Waals surface area contributed by atoms with Crippen LogP contribution in [-0.2, 0) is 6.42 Å². The molecule has 1 atom stereocenters. The van der Waals surface area contributed by atoms with Gasteiger partial charge < -0.3 is 9.63 Å². The minimum atomic E-state index is -0.395. The van der Waals surface area contributed by atoms with E-state index in [4.69, 9.17) is 4.52 Å². The van der Waals surface area contributed by atoms with Crippen LogP contribution in [0.25, 0.3) is 11.4 Å². The van der Waals surface area contributed by atoms with Crippen molar-refractivity contribution >= 4 is 0 Å². The lowest BCUT2D eigenvalue weighted by Gasteiger charge is -1.99. The molecular formula is C13H15FN2O2. The summed E-state index contributed by atoms with van der Waals surface area (Å²) in [7, 11) is 0. The molecule has 0 bridgehead atoms. The summed E-state index contributed by atoms with van der Waals surface area (Å²) in [5, 5.41) is 13.0. The fourth-order valence-corrected chi connectivity index (χ4v) is 1.59. The molecule has 2 aromatic rings. The highest BCUT2D eigenvalue weighted by atomic mass is 19.1. The average Bonchev–Trinajstić information content (AvgIpc) is 2.79. The van der Waals surface area contributed by atoms with Crippen molar-refractivity contribution in [1.29, 1.82) is 0 Å². The molecule has 0 aliphatic heterocycles. The van der Waals surface area contributed by atoms with Gasteiger partial charge in [-0.3, -0.25) is 0 Å². The molecule has 1 aromatic carbocycles. The van der Waals surface area contributed by atoms with Crippen molar-refractivity contribution in [3.8, 4) is 11.4 Å². The Balaban J connectivity index is 2.16. The summed E-state index contributed by atoms with van der Waals surface area (Å²) in [5.41, 5.74) is 1.27. The third-order valence-corrected chi connectivity index (χ3v) is 2.66. The number of hydrogen-bond donors (Lipinski definition) is 1. The SMILES string of the molecule is Cc1cc(-c2noc(CCC(C)O)n2)ccc1F. The third kappa shape index (κ3) is 2.92. The van der Waals surface area contributed by atoms with Crippen molar-refractivity contribution in [2.45, 2.75) is 32.8 Å². The summed E-state index contributed by atoms with van der Waals surface area (Å²) in [4.78, 5) is 4.21. The Kier molecular flexibility index (Phi) is 3.72. The Morgan fingerprint density at radius 3 is 2.89 bits per heavy atom. The number of benzene rings is 1. The van der Waals surface area contributed by atoms with Gasteiger partial charge >= 0.3 is 0 Å². The van der Waals surface area contributed by atoms with Gasteiger partial charge in [0.1, 0.15) is 5.82 Å². The topological polar surface area (TPSA) is 59.2 Å². The van der Waals surface area contributed by atoms with Crippen molar-refractivity contribution < 1.29 is 14.0 Å². The Bertz CT molecular complexity index is 538. The van der Waals surface area contributed by atoms with Gasteiger partial charge in [0.2, 0.25) is 11.7 Å². The van der Waals surface area contributed by atoms with Gasteiger partial charge in [-0.05, 0) is 44.0 Å². The van der Waals surface area contributed by atoms with Gasteiger partial charge in [-0.25, -0.2) is 4.39 Å². The number of rotatable bonds is 4. The molecule has 0 spiro atoms. The van der Waals surface area contributed by atoms with E-state index in [1.54, 1.807) is 26.0 Å². The summed E-state index contributed by atoms with van der Waals surface area (Å²) in [6.45, 7) is 3.40. The van der Waals surface area contributed by atoms with E-state index in [0.29, 0.717) is 30.1 Å². The number of nitrogens with zero attached hydrogens (tertiary/aromatic N) is 2. The predicted molar refractivity (Wildman–Crippen MR) is 64.4 cm³/mol. The molecule has 0 saturated heterocycles. The zero-order chi connectivity index (χ0) is 13.1. The number of aromatic nitrogens is 2. The van der Waals surface area contributed by atoms with E-state index in [2.05, 4.69) is 10.1 Å². The number of aryl methyl sites for hydroxylation is 2. The third-order valence-electron chi connectivity index (χ3n) is 2.66. The maximum absolute atomic E-state index is 13.1. The second-order valence-electron chi connectivity index (χ2n) is 4.36. The lowest BCUT2D eigenvalue weighted by Crippen LogP contribution is -2.01. The molecule has 0 amide bonds. The molecule has 2 rings (SSSR count). The number of hydrogen-bond acceptors (Lipinski definition) is 4. The highest BCUT2D eigenvalue weighted by Crippen LogP contribution is 2.19. The first-order chi connectivity index (χ1) is 8.56. The smallest absolute Gasteiger partial charge is 0.227 e. The summed E-state index contributed by atoms with van der Waals surface area (Å²) in [5.74, 6) is 0.670. The summed E-state index contributed by atoms with van der Waals surface area (Å²) >= 11 is 0. The molecule has 1 unspecified atom stereocenters. The summed E-state index contributed by atoms with van der Waals surface area (Å²) < 4.78 is 18.2. The molecule has 0 aliphatic rings. The molecule has 1 aromatic heterocycles. The molecule has 0 aliphatic carbocycles. The first kappa shape index (κ1) is 12.7. The van der Waals surface area contributed by atoms with E-state index in [9.17, 15) is 9.50 Å². The number of halogens is 1. The zero-order valence-corrected chi connectivity index (χ0v) is 10.4. The first-order valence-electron chi connectivity index (χ1n) is 5.83. The van der Waals surface area contributed by atoms with E-state index < -0.39 is 6.10 Å². The van der Waals surface area contributed by atoms with Crippen LogP contribution < -0.4 is 0 Å². The van der Waals surface area contributed by atoms with E-state index >= 15 is 0 Å². The Labute approximate surface area is 104 Å². The molecule has 4 nitrogen and oxygen atoms in total. The second-order valence-corrected chi connectivity index (χ2v) is 4.36. The van der Waals surface area contributed by atoms with Gasteiger partial charge in [-0.15, -0.1) is 0 Å². The molecular weight excluding hydrogens is 235 g/mol. The summed E-state index contributed by atoms with van der Waals surface area (Å²) in [6, 6.07) is 4.68. The molecule has 18 heavy (non-hydrogen) atoms. The number of aliphatic hydroxyl groups excluding tert-OH is 1. The minimum Gasteiger partial charge on any atom is -0.393 e. The zero-order valence-electron chi connectivity index (χ0n) is 10.4. The lowest BCUT2D eigenvalue weighted by atomic mass is 10.1. The average molecular weight is 250 g/mol. The number of aliphatic hydroxyl groups is 1. The molecule has 0 saturated carbocycles. The highest BCUT2D eigenvalue weighted by Gasteiger charge is 2.10. The largest absolute Gasteiger partial charge is 0.393 e.